The molecule has 1 aliphatic rings. The second kappa shape index (κ2) is 2.93. The number of rotatable bonds is 1. The predicted octanol–water partition coefficient (Wildman–Crippen LogP) is 0.203. The first-order chi connectivity index (χ1) is 6.27. The van der Waals surface area contributed by atoms with Crippen LogP contribution in [0, 0.1) is 0 Å². The molecule has 2 N–H and O–H groups in total. The molecule has 1 aliphatic heterocycles. The molecule has 0 spiro atoms. The lowest BCUT2D eigenvalue weighted by Gasteiger charge is -2.19. The van der Waals surface area contributed by atoms with Crippen LogP contribution in [0.4, 0.5) is 4.79 Å². The van der Waals surface area contributed by atoms with Gasteiger partial charge in [-0.15, -0.1) is 0 Å². The van der Waals surface area contributed by atoms with E-state index >= 15 is 0 Å². The maximum absolute atomic E-state index is 11.3. The number of hydrogen-bond donors (Lipinski definition) is 2. The van der Waals surface area contributed by atoms with E-state index in [9.17, 15) is 9.59 Å². The van der Waals surface area contributed by atoms with Crippen molar-refractivity contribution in [3.8, 4) is 0 Å². The molecule has 1 aromatic rings. The zero-order valence-electron chi connectivity index (χ0n) is 6.74. The van der Waals surface area contributed by atoms with Gasteiger partial charge in [-0.25, -0.2) is 4.79 Å². The van der Waals surface area contributed by atoms with E-state index in [-0.39, 0.29) is 12.5 Å². The molecule has 0 bridgehead atoms. The number of furan rings is 1. The SMILES string of the molecule is O=C1NCC(c2ccco2)C(=O)N1. The summed E-state index contributed by atoms with van der Waals surface area (Å²) in [7, 11) is 0. The van der Waals surface area contributed by atoms with Crippen LogP contribution in [0.1, 0.15) is 11.7 Å². The van der Waals surface area contributed by atoms with Crippen LogP contribution in [0.5, 0.6) is 0 Å². The fourth-order valence-electron chi connectivity index (χ4n) is 1.25. The molecule has 68 valence electrons. The van der Waals surface area contributed by atoms with Gasteiger partial charge in [0.1, 0.15) is 11.7 Å². The van der Waals surface area contributed by atoms with Crippen LogP contribution in [0.25, 0.3) is 0 Å². The van der Waals surface area contributed by atoms with Gasteiger partial charge in [-0.05, 0) is 12.1 Å². The zero-order valence-corrected chi connectivity index (χ0v) is 6.74. The van der Waals surface area contributed by atoms with Crippen molar-refractivity contribution >= 4 is 11.9 Å². The highest BCUT2D eigenvalue weighted by Gasteiger charge is 2.29. The van der Waals surface area contributed by atoms with Gasteiger partial charge in [0, 0.05) is 6.54 Å². The van der Waals surface area contributed by atoms with E-state index in [2.05, 4.69) is 10.6 Å². The fourth-order valence-corrected chi connectivity index (χ4v) is 1.25. The third-order valence-corrected chi connectivity index (χ3v) is 1.91. The molecule has 1 aromatic heterocycles. The number of carbonyl (C=O) groups is 2. The second-order valence-corrected chi connectivity index (χ2v) is 2.77. The van der Waals surface area contributed by atoms with Crippen molar-refractivity contribution in [2.45, 2.75) is 5.92 Å². The topological polar surface area (TPSA) is 71.3 Å². The van der Waals surface area contributed by atoms with Gasteiger partial charge in [-0.2, -0.15) is 0 Å². The van der Waals surface area contributed by atoms with E-state index < -0.39 is 11.9 Å². The number of nitrogens with one attached hydrogen (secondary N) is 2. The van der Waals surface area contributed by atoms with Crippen molar-refractivity contribution in [3.05, 3.63) is 24.2 Å². The number of amides is 3. The van der Waals surface area contributed by atoms with Gasteiger partial charge in [-0.1, -0.05) is 0 Å². The van der Waals surface area contributed by atoms with Crippen LogP contribution in [0.2, 0.25) is 0 Å². The highest BCUT2D eigenvalue weighted by molar-refractivity contribution is 6.00. The minimum atomic E-state index is -0.451. The first kappa shape index (κ1) is 7.85. The first-order valence-corrected chi connectivity index (χ1v) is 3.89. The Morgan fingerprint density at radius 3 is 2.92 bits per heavy atom. The van der Waals surface area contributed by atoms with E-state index in [4.69, 9.17) is 4.42 Å². The molecule has 1 saturated heterocycles. The summed E-state index contributed by atoms with van der Waals surface area (Å²) in [5.41, 5.74) is 0. The molecule has 13 heavy (non-hydrogen) atoms. The Balaban J connectivity index is 2.17. The minimum Gasteiger partial charge on any atom is -0.468 e. The van der Waals surface area contributed by atoms with Crippen LogP contribution >= 0.6 is 0 Å². The third kappa shape index (κ3) is 1.40. The van der Waals surface area contributed by atoms with Gasteiger partial charge in [0.15, 0.2) is 0 Å². The Labute approximate surface area is 74.1 Å². The molecule has 1 fully saturated rings. The van der Waals surface area contributed by atoms with Crippen LogP contribution in [0.3, 0.4) is 0 Å². The molecule has 1 atom stereocenters. The molecular weight excluding hydrogens is 172 g/mol. The number of urea groups is 1. The lowest BCUT2D eigenvalue weighted by molar-refractivity contribution is -0.122. The van der Waals surface area contributed by atoms with Crippen molar-refractivity contribution < 1.29 is 14.0 Å². The van der Waals surface area contributed by atoms with Crippen molar-refractivity contribution in [2.75, 3.05) is 6.54 Å². The average molecular weight is 180 g/mol. The molecule has 2 rings (SSSR count). The summed E-state index contributed by atoms with van der Waals surface area (Å²) >= 11 is 0. The zero-order chi connectivity index (χ0) is 9.26. The first-order valence-electron chi connectivity index (χ1n) is 3.89. The Hall–Kier alpha value is -1.78. The monoisotopic (exact) mass is 180 g/mol. The maximum atomic E-state index is 11.3. The maximum Gasteiger partial charge on any atom is 0.321 e. The number of hydrogen-bond acceptors (Lipinski definition) is 3. The van der Waals surface area contributed by atoms with Crippen molar-refractivity contribution in [3.63, 3.8) is 0 Å². The van der Waals surface area contributed by atoms with E-state index in [1.165, 1.54) is 6.26 Å². The second-order valence-electron chi connectivity index (χ2n) is 2.77. The van der Waals surface area contributed by atoms with Crippen molar-refractivity contribution in [1.29, 1.82) is 0 Å². The standard InChI is InChI=1S/C8H8N2O3/c11-7-5(4-9-8(12)10-7)6-2-1-3-13-6/h1-3,5H,4H2,(H2,9,10,11,12). The third-order valence-electron chi connectivity index (χ3n) is 1.91. The van der Waals surface area contributed by atoms with Gasteiger partial charge in [0.25, 0.3) is 0 Å². The summed E-state index contributed by atoms with van der Waals surface area (Å²) < 4.78 is 5.07. The van der Waals surface area contributed by atoms with Gasteiger partial charge < -0.3 is 9.73 Å². The van der Waals surface area contributed by atoms with E-state index in [0.717, 1.165) is 0 Å². The van der Waals surface area contributed by atoms with E-state index in [0.29, 0.717) is 5.76 Å². The molecule has 5 heteroatoms. The normalized spacial score (nSPS) is 22.3. The highest BCUT2D eigenvalue weighted by Crippen LogP contribution is 2.17. The lowest BCUT2D eigenvalue weighted by atomic mass is 10.0. The summed E-state index contributed by atoms with van der Waals surface area (Å²) in [6.45, 7) is 0.290. The molecule has 0 aromatic carbocycles. The Morgan fingerprint density at radius 2 is 2.31 bits per heavy atom. The molecule has 1 unspecified atom stereocenters. The van der Waals surface area contributed by atoms with E-state index in [1.807, 2.05) is 0 Å². The molecule has 2 heterocycles. The summed E-state index contributed by atoms with van der Waals surface area (Å²) in [6, 6.07) is 2.97. The molecule has 5 nitrogen and oxygen atoms in total. The Bertz CT molecular complexity index is 331. The number of imide groups is 1. The van der Waals surface area contributed by atoms with Crippen LogP contribution in [0.15, 0.2) is 22.8 Å². The lowest BCUT2D eigenvalue weighted by Crippen LogP contribution is -2.50. The van der Waals surface area contributed by atoms with Crippen molar-refractivity contribution in [1.82, 2.24) is 10.6 Å². The quantitative estimate of drug-likeness (QED) is 0.648. The molecule has 0 aliphatic carbocycles. The molecule has 3 amide bonds. The summed E-state index contributed by atoms with van der Waals surface area (Å²) in [4.78, 5) is 22.0. The summed E-state index contributed by atoms with van der Waals surface area (Å²) in [5.74, 6) is -0.163. The average Bonchev–Trinajstić information content (AvgIpc) is 2.56. The molecular formula is C8H8N2O3. The largest absolute Gasteiger partial charge is 0.468 e. The highest BCUT2D eigenvalue weighted by atomic mass is 16.3. The molecule has 0 radical (unpaired) electrons. The Morgan fingerprint density at radius 1 is 1.46 bits per heavy atom. The van der Waals surface area contributed by atoms with Gasteiger partial charge in [0.05, 0.1) is 6.26 Å². The van der Waals surface area contributed by atoms with Gasteiger partial charge in [-0.3, -0.25) is 10.1 Å². The van der Waals surface area contributed by atoms with Gasteiger partial charge >= 0.3 is 6.03 Å². The predicted molar refractivity (Wildman–Crippen MR) is 43.0 cm³/mol. The smallest absolute Gasteiger partial charge is 0.321 e. The summed E-state index contributed by atoms with van der Waals surface area (Å²) in [5, 5.41) is 4.69. The number of carbonyl (C=O) groups excluding carboxylic acids is 2. The van der Waals surface area contributed by atoms with Gasteiger partial charge in [0.2, 0.25) is 5.91 Å². The Kier molecular flexibility index (Phi) is 1.77. The summed E-state index contributed by atoms with van der Waals surface area (Å²) in [6.07, 6.45) is 1.50. The van der Waals surface area contributed by atoms with Crippen molar-refractivity contribution in [2.24, 2.45) is 0 Å². The minimum absolute atomic E-state index is 0.290. The molecule has 0 saturated carbocycles. The van der Waals surface area contributed by atoms with Crippen LogP contribution in [-0.4, -0.2) is 18.5 Å². The fraction of sp³-hybridized carbons (Fsp3) is 0.250. The van der Waals surface area contributed by atoms with E-state index in [1.54, 1.807) is 12.1 Å². The van der Waals surface area contributed by atoms with Crippen LogP contribution < -0.4 is 10.6 Å². The van der Waals surface area contributed by atoms with Crippen LogP contribution in [-0.2, 0) is 4.79 Å².